The van der Waals surface area contributed by atoms with Crippen LogP contribution in [-0.2, 0) is 22.0 Å². The third kappa shape index (κ3) is 3.42. The van der Waals surface area contributed by atoms with Crippen molar-refractivity contribution in [3.63, 3.8) is 0 Å². The van der Waals surface area contributed by atoms with Crippen LogP contribution in [0.5, 0.6) is 0 Å². The Morgan fingerprint density at radius 1 is 1.17 bits per heavy atom. The molecule has 1 aromatic heterocycles. The summed E-state index contributed by atoms with van der Waals surface area (Å²) in [4.78, 5) is 0. The zero-order chi connectivity index (χ0) is 16.6. The molecule has 2 aliphatic rings. The predicted octanol–water partition coefficient (Wildman–Crippen LogP) is 0.349. The molecule has 0 spiro atoms. The fourth-order valence-electron chi connectivity index (χ4n) is 3.51. The summed E-state index contributed by atoms with van der Waals surface area (Å²) in [6.45, 7) is 5.69. The molecule has 2 fully saturated rings. The summed E-state index contributed by atoms with van der Waals surface area (Å²) in [6, 6.07) is 0. The Morgan fingerprint density at radius 2 is 1.87 bits per heavy atom. The van der Waals surface area contributed by atoms with E-state index in [9.17, 15) is 8.42 Å². The molecular formula is C14H25N5O3S. The first-order chi connectivity index (χ1) is 10.9. The second kappa shape index (κ2) is 6.46. The summed E-state index contributed by atoms with van der Waals surface area (Å²) in [6.07, 6.45) is 3.29. The first-order valence-electron chi connectivity index (χ1n) is 8.12. The highest BCUT2D eigenvalue weighted by atomic mass is 32.2. The molecular weight excluding hydrogens is 318 g/mol. The summed E-state index contributed by atoms with van der Waals surface area (Å²) < 4.78 is 36.7. The normalized spacial score (nSPS) is 31.3. The van der Waals surface area contributed by atoms with E-state index in [4.69, 9.17) is 4.74 Å². The van der Waals surface area contributed by atoms with E-state index in [0.717, 1.165) is 18.7 Å². The Morgan fingerprint density at radius 3 is 2.48 bits per heavy atom. The van der Waals surface area contributed by atoms with Crippen LogP contribution in [0.1, 0.15) is 38.4 Å². The average Bonchev–Trinajstić information content (AvgIpc) is 2.92. The molecule has 1 aromatic rings. The van der Waals surface area contributed by atoms with Gasteiger partial charge in [0.2, 0.25) is 0 Å². The minimum Gasteiger partial charge on any atom is -0.373 e. The first-order valence-corrected chi connectivity index (χ1v) is 9.52. The van der Waals surface area contributed by atoms with Crippen molar-refractivity contribution in [2.75, 3.05) is 26.2 Å². The number of hydrogen-bond donors (Lipinski definition) is 0. The van der Waals surface area contributed by atoms with Crippen molar-refractivity contribution in [1.82, 2.24) is 23.4 Å². The molecule has 3 rings (SSSR count). The molecule has 0 bridgehead atoms. The van der Waals surface area contributed by atoms with Crippen molar-refractivity contribution >= 4 is 10.2 Å². The van der Waals surface area contributed by atoms with Crippen LogP contribution in [0, 0.1) is 0 Å². The van der Waals surface area contributed by atoms with Crippen molar-refractivity contribution in [3.8, 4) is 0 Å². The van der Waals surface area contributed by atoms with Crippen molar-refractivity contribution in [2.24, 2.45) is 7.05 Å². The first kappa shape index (κ1) is 16.8. The van der Waals surface area contributed by atoms with E-state index in [0.29, 0.717) is 26.2 Å². The number of aromatic nitrogens is 3. The quantitative estimate of drug-likeness (QED) is 0.791. The summed E-state index contributed by atoms with van der Waals surface area (Å²) >= 11 is 0. The van der Waals surface area contributed by atoms with Gasteiger partial charge in [0.15, 0.2) is 0 Å². The van der Waals surface area contributed by atoms with Crippen molar-refractivity contribution in [2.45, 2.75) is 44.8 Å². The fourth-order valence-corrected chi connectivity index (χ4v) is 5.36. The Labute approximate surface area is 137 Å². The van der Waals surface area contributed by atoms with Crippen molar-refractivity contribution < 1.29 is 13.2 Å². The lowest BCUT2D eigenvalue weighted by Gasteiger charge is -2.39. The highest BCUT2D eigenvalue weighted by Gasteiger charge is 2.38. The van der Waals surface area contributed by atoms with E-state index in [1.54, 1.807) is 14.9 Å². The molecule has 0 saturated carbocycles. The maximum atomic E-state index is 13.0. The summed E-state index contributed by atoms with van der Waals surface area (Å²) in [7, 11) is -1.56. The van der Waals surface area contributed by atoms with Gasteiger partial charge in [-0.05, 0) is 26.7 Å². The van der Waals surface area contributed by atoms with Crippen LogP contribution < -0.4 is 0 Å². The second-order valence-corrected chi connectivity index (χ2v) is 8.51. The van der Waals surface area contributed by atoms with Crippen LogP contribution in [0.3, 0.4) is 0 Å². The zero-order valence-corrected chi connectivity index (χ0v) is 14.7. The van der Waals surface area contributed by atoms with E-state index in [1.807, 2.05) is 25.5 Å². The predicted molar refractivity (Wildman–Crippen MR) is 85.1 cm³/mol. The van der Waals surface area contributed by atoms with Gasteiger partial charge < -0.3 is 9.30 Å². The molecule has 0 aromatic carbocycles. The van der Waals surface area contributed by atoms with Gasteiger partial charge in [0.05, 0.1) is 12.2 Å². The molecule has 2 aliphatic heterocycles. The maximum absolute atomic E-state index is 13.0. The van der Waals surface area contributed by atoms with Gasteiger partial charge in [0.1, 0.15) is 12.2 Å². The smallest absolute Gasteiger partial charge is 0.282 e. The number of morpholine rings is 1. The number of nitrogens with zero attached hydrogens (tertiary/aromatic N) is 5. The van der Waals surface area contributed by atoms with Gasteiger partial charge in [0.25, 0.3) is 10.2 Å². The number of ether oxygens (including phenoxy) is 1. The average molecular weight is 343 g/mol. The molecule has 0 aliphatic carbocycles. The molecule has 8 nitrogen and oxygen atoms in total. The molecule has 0 radical (unpaired) electrons. The van der Waals surface area contributed by atoms with Crippen molar-refractivity contribution in [1.29, 1.82) is 0 Å². The molecule has 0 amide bonds. The second-order valence-electron chi connectivity index (χ2n) is 6.58. The lowest BCUT2D eigenvalue weighted by Crippen LogP contribution is -2.54. The van der Waals surface area contributed by atoms with Gasteiger partial charge in [-0.2, -0.15) is 17.0 Å². The molecule has 0 unspecified atom stereocenters. The number of hydrogen-bond acceptors (Lipinski definition) is 5. The van der Waals surface area contributed by atoms with Crippen molar-refractivity contribution in [3.05, 3.63) is 12.2 Å². The standard InChI is InChI=1S/C14H25N5O3S/c1-11-7-19(8-12(2)22-11)23(20,21)18-6-4-5-13(9-18)14-16-15-10-17(14)3/h10-13H,4-9H2,1-3H3/t11-,12-,13-/m1/s1. The Bertz CT molecular complexity index is 637. The summed E-state index contributed by atoms with van der Waals surface area (Å²) in [5.74, 6) is 0.954. The molecule has 9 heteroatoms. The Hall–Kier alpha value is -1.03. The lowest BCUT2D eigenvalue weighted by molar-refractivity contribution is -0.0456. The lowest BCUT2D eigenvalue weighted by atomic mass is 9.99. The van der Waals surface area contributed by atoms with E-state index in [2.05, 4.69) is 10.2 Å². The van der Waals surface area contributed by atoms with E-state index in [-0.39, 0.29) is 18.1 Å². The van der Waals surface area contributed by atoms with Gasteiger partial charge in [-0.1, -0.05) is 0 Å². The van der Waals surface area contributed by atoms with Gasteiger partial charge >= 0.3 is 0 Å². The molecule has 2 saturated heterocycles. The van der Waals surface area contributed by atoms with E-state index < -0.39 is 10.2 Å². The molecule has 23 heavy (non-hydrogen) atoms. The fraction of sp³-hybridized carbons (Fsp3) is 0.857. The van der Waals surface area contributed by atoms with Gasteiger partial charge in [-0.15, -0.1) is 10.2 Å². The molecule has 0 N–H and O–H groups in total. The third-order valence-electron chi connectivity index (χ3n) is 4.53. The topological polar surface area (TPSA) is 80.6 Å². The van der Waals surface area contributed by atoms with Crippen LogP contribution in [-0.4, -0.2) is 70.2 Å². The van der Waals surface area contributed by atoms with Crippen LogP contribution >= 0.6 is 0 Å². The number of piperidine rings is 1. The van der Waals surface area contributed by atoms with Crippen LogP contribution in [0.15, 0.2) is 6.33 Å². The number of aryl methyl sites for hydroxylation is 1. The highest BCUT2D eigenvalue weighted by molar-refractivity contribution is 7.86. The maximum Gasteiger partial charge on any atom is 0.282 e. The highest BCUT2D eigenvalue weighted by Crippen LogP contribution is 2.28. The largest absolute Gasteiger partial charge is 0.373 e. The van der Waals surface area contributed by atoms with Gasteiger partial charge in [-0.3, -0.25) is 0 Å². The third-order valence-corrected chi connectivity index (χ3v) is 6.47. The SMILES string of the molecule is C[C@@H]1CN(S(=O)(=O)N2CCC[C@@H](c3nncn3C)C2)C[C@@H](C)O1. The van der Waals surface area contributed by atoms with Crippen LogP contribution in [0.25, 0.3) is 0 Å². The Kier molecular flexibility index (Phi) is 4.73. The molecule has 130 valence electrons. The van der Waals surface area contributed by atoms with E-state index >= 15 is 0 Å². The van der Waals surface area contributed by atoms with Crippen LogP contribution in [0.4, 0.5) is 0 Å². The monoisotopic (exact) mass is 343 g/mol. The summed E-state index contributed by atoms with van der Waals surface area (Å²) in [5.41, 5.74) is 0. The number of rotatable bonds is 3. The zero-order valence-electron chi connectivity index (χ0n) is 13.9. The minimum atomic E-state index is -3.46. The molecule has 3 heterocycles. The Balaban J connectivity index is 1.76. The summed E-state index contributed by atoms with van der Waals surface area (Å²) in [5, 5.41) is 8.06. The van der Waals surface area contributed by atoms with Gasteiger partial charge in [-0.25, -0.2) is 0 Å². The van der Waals surface area contributed by atoms with E-state index in [1.165, 1.54) is 0 Å². The van der Waals surface area contributed by atoms with Gasteiger partial charge in [0, 0.05) is 39.1 Å². The molecule has 3 atom stereocenters. The minimum absolute atomic E-state index is 0.0761. The van der Waals surface area contributed by atoms with Crippen LogP contribution in [0.2, 0.25) is 0 Å².